The van der Waals surface area contributed by atoms with E-state index in [1.54, 1.807) is 0 Å². The summed E-state index contributed by atoms with van der Waals surface area (Å²) in [7, 11) is 0. The maximum absolute atomic E-state index is 6.24. The molecule has 0 bridgehead atoms. The average molecular weight is 268 g/mol. The van der Waals surface area contributed by atoms with Gasteiger partial charge in [-0.1, -0.05) is 40.2 Å². The normalized spacial score (nSPS) is 14.6. The number of nitrogens with two attached hydrogens (primary N) is 1. The molecule has 0 aliphatic heterocycles. The van der Waals surface area contributed by atoms with Crippen molar-refractivity contribution in [3.63, 3.8) is 0 Å². The van der Waals surface area contributed by atoms with Crippen LogP contribution in [-0.2, 0) is 6.42 Å². The minimum absolute atomic E-state index is 0.155. The molecule has 0 aliphatic carbocycles. The van der Waals surface area contributed by atoms with Crippen LogP contribution in [0.25, 0.3) is 0 Å². The van der Waals surface area contributed by atoms with Crippen molar-refractivity contribution in [3.8, 4) is 0 Å². The van der Waals surface area contributed by atoms with Crippen molar-refractivity contribution in [1.82, 2.24) is 0 Å². The van der Waals surface area contributed by atoms with Gasteiger partial charge in [-0.05, 0) is 37.8 Å². The Morgan fingerprint density at radius 3 is 2.73 bits per heavy atom. The van der Waals surface area contributed by atoms with Gasteiger partial charge < -0.3 is 5.73 Å². The van der Waals surface area contributed by atoms with Crippen LogP contribution in [0.2, 0.25) is 0 Å². The van der Waals surface area contributed by atoms with E-state index in [0.29, 0.717) is 0 Å². The molecule has 0 fully saturated rings. The fourth-order valence-corrected chi connectivity index (χ4v) is 2.02. The van der Waals surface area contributed by atoms with Gasteiger partial charge in [-0.2, -0.15) is 0 Å². The second-order valence-corrected chi connectivity index (χ2v) is 5.10. The van der Waals surface area contributed by atoms with E-state index in [-0.39, 0.29) is 5.54 Å². The molecule has 0 aromatic heterocycles. The van der Waals surface area contributed by atoms with Crippen LogP contribution in [0.1, 0.15) is 25.3 Å². The van der Waals surface area contributed by atoms with E-state index in [1.807, 2.05) is 18.2 Å². The number of rotatable bonds is 5. The summed E-state index contributed by atoms with van der Waals surface area (Å²) in [5, 5.41) is 0. The standard InChI is InChI=1S/C13H18BrN/c1-3-4-9-13(2,15)10-11-7-5-6-8-12(11)14/h3,5-8H,1,4,9-10,15H2,2H3/t13-/m0/s1. The van der Waals surface area contributed by atoms with E-state index in [9.17, 15) is 0 Å². The topological polar surface area (TPSA) is 26.0 Å². The molecule has 15 heavy (non-hydrogen) atoms. The number of halogens is 1. The Bertz CT molecular complexity index is 331. The number of hydrogen-bond donors (Lipinski definition) is 1. The Morgan fingerprint density at radius 2 is 2.13 bits per heavy atom. The molecule has 0 saturated heterocycles. The first-order valence-electron chi connectivity index (χ1n) is 5.18. The third-order valence-electron chi connectivity index (χ3n) is 2.47. The monoisotopic (exact) mass is 267 g/mol. The van der Waals surface area contributed by atoms with Crippen LogP contribution in [0.4, 0.5) is 0 Å². The van der Waals surface area contributed by atoms with E-state index in [1.165, 1.54) is 5.56 Å². The fraction of sp³-hybridized carbons (Fsp3) is 0.385. The highest BCUT2D eigenvalue weighted by Gasteiger charge is 2.18. The molecule has 0 aliphatic rings. The average Bonchev–Trinajstić information content (AvgIpc) is 2.18. The van der Waals surface area contributed by atoms with Gasteiger partial charge in [-0.25, -0.2) is 0 Å². The van der Waals surface area contributed by atoms with Gasteiger partial charge in [0.25, 0.3) is 0 Å². The van der Waals surface area contributed by atoms with E-state index < -0.39 is 0 Å². The van der Waals surface area contributed by atoms with Crippen molar-refractivity contribution in [2.75, 3.05) is 0 Å². The van der Waals surface area contributed by atoms with Crippen LogP contribution in [0.3, 0.4) is 0 Å². The molecule has 2 N–H and O–H groups in total. The summed E-state index contributed by atoms with van der Waals surface area (Å²) >= 11 is 3.54. The van der Waals surface area contributed by atoms with Gasteiger partial charge in [0.15, 0.2) is 0 Å². The second-order valence-electron chi connectivity index (χ2n) is 4.25. The molecular formula is C13H18BrN. The van der Waals surface area contributed by atoms with Crippen molar-refractivity contribution in [2.45, 2.75) is 31.7 Å². The van der Waals surface area contributed by atoms with Crippen LogP contribution in [0.5, 0.6) is 0 Å². The summed E-state index contributed by atoms with van der Waals surface area (Å²) in [6.07, 6.45) is 4.75. The van der Waals surface area contributed by atoms with Crippen LogP contribution in [0.15, 0.2) is 41.4 Å². The minimum Gasteiger partial charge on any atom is -0.325 e. The maximum Gasteiger partial charge on any atom is 0.0207 e. The molecule has 0 heterocycles. The zero-order valence-electron chi connectivity index (χ0n) is 9.17. The fourth-order valence-electron chi connectivity index (χ4n) is 1.60. The van der Waals surface area contributed by atoms with Crippen LogP contribution < -0.4 is 5.73 Å². The Hall–Kier alpha value is -0.600. The summed E-state index contributed by atoms with van der Waals surface area (Å²) < 4.78 is 1.14. The van der Waals surface area contributed by atoms with E-state index in [4.69, 9.17) is 5.73 Å². The van der Waals surface area contributed by atoms with Gasteiger partial charge in [0.1, 0.15) is 0 Å². The van der Waals surface area contributed by atoms with Crippen molar-refractivity contribution in [1.29, 1.82) is 0 Å². The van der Waals surface area contributed by atoms with Crippen LogP contribution >= 0.6 is 15.9 Å². The first kappa shape index (κ1) is 12.5. The number of hydrogen-bond acceptors (Lipinski definition) is 1. The zero-order valence-corrected chi connectivity index (χ0v) is 10.8. The van der Waals surface area contributed by atoms with Crippen molar-refractivity contribution < 1.29 is 0 Å². The van der Waals surface area contributed by atoms with Gasteiger partial charge in [-0.15, -0.1) is 6.58 Å². The lowest BCUT2D eigenvalue weighted by molar-refractivity contribution is 0.433. The van der Waals surface area contributed by atoms with E-state index >= 15 is 0 Å². The molecule has 0 spiro atoms. The summed E-state index contributed by atoms with van der Waals surface area (Å²) in [6.45, 7) is 5.82. The molecule has 0 amide bonds. The lowest BCUT2D eigenvalue weighted by Crippen LogP contribution is -2.38. The van der Waals surface area contributed by atoms with Crippen LogP contribution in [0, 0.1) is 0 Å². The highest BCUT2D eigenvalue weighted by Crippen LogP contribution is 2.22. The first-order chi connectivity index (χ1) is 7.05. The number of allylic oxidation sites excluding steroid dienone is 1. The van der Waals surface area contributed by atoms with E-state index in [2.05, 4.69) is 41.6 Å². The van der Waals surface area contributed by atoms with Crippen molar-refractivity contribution in [2.24, 2.45) is 5.73 Å². The van der Waals surface area contributed by atoms with Crippen molar-refractivity contribution in [3.05, 3.63) is 47.0 Å². The van der Waals surface area contributed by atoms with Gasteiger partial charge in [0, 0.05) is 10.0 Å². The molecule has 0 radical (unpaired) electrons. The molecule has 82 valence electrons. The third kappa shape index (κ3) is 4.18. The molecule has 1 atom stereocenters. The van der Waals surface area contributed by atoms with Gasteiger partial charge in [0.05, 0.1) is 0 Å². The minimum atomic E-state index is -0.155. The summed E-state index contributed by atoms with van der Waals surface area (Å²) in [6, 6.07) is 8.23. The van der Waals surface area contributed by atoms with Crippen LogP contribution in [-0.4, -0.2) is 5.54 Å². The highest BCUT2D eigenvalue weighted by molar-refractivity contribution is 9.10. The zero-order chi connectivity index (χ0) is 11.3. The molecule has 0 unspecified atom stereocenters. The maximum atomic E-state index is 6.24. The highest BCUT2D eigenvalue weighted by atomic mass is 79.9. The van der Waals surface area contributed by atoms with Gasteiger partial charge >= 0.3 is 0 Å². The summed E-state index contributed by atoms with van der Waals surface area (Å²) in [4.78, 5) is 0. The Kier molecular flexibility index (Phi) is 4.55. The van der Waals surface area contributed by atoms with Gasteiger partial charge in [-0.3, -0.25) is 0 Å². The van der Waals surface area contributed by atoms with Gasteiger partial charge in [0.2, 0.25) is 0 Å². The molecule has 1 nitrogen and oxygen atoms in total. The van der Waals surface area contributed by atoms with Crippen molar-refractivity contribution >= 4 is 15.9 Å². The Morgan fingerprint density at radius 1 is 1.47 bits per heavy atom. The lowest BCUT2D eigenvalue weighted by atomic mass is 9.89. The SMILES string of the molecule is C=CCC[C@](C)(N)Cc1ccccc1Br. The summed E-state index contributed by atoms with van der Waals surface area (Å²) in [5.74, 6) is 0. The molecule has 0 saturated carbocycles. The van der Waals surface area contributed by atoms with E-state index in [0.717, 1.165) is 23.7 Å². The molecule has 1 aromatic rings. The predicted octanol–water partition coefficient (Wildman–Crippen LogP) is 3.68. The predicted molar refractivity (Wildman–Crippen MR) is 69.9 cm³/mol. The molecule has 1 rings (SSSR count). The second kappa shape index (κ2) is 5.47. The Labute approximate surface area is 101 Å². The molecule has 1 aromatic carbocycles. The molecular weight excluding hydrogens is 250 g/mol. The first-order valence-corrected chi connectivity index (χ1v) is 5.98. The number of benzene rings is 1. The summed E-state index contributed by atoms with van der Waals surface area (Å²) in [5.41, 5.74) is 7.35. The third-order valence-corrected chi connectivity index (χ3v) is 3.25. The lowest BCUT2D eigenvalue weighted by Gasteiger charge is -2.24. The largest absolute Gasteiger partial charge is 0.325 e. The molecule has 2 heteroatoms. The smallest absolute Gasteiger partial charge is 0.0207 e. The Balaban J connectivity index is 2.68. The quantitative estimate of drug-likeness (QED) is 0.810.